The molecule has 6 heteroatoms. The lowest BCUT2D eigenvalue weighted by Gasteiger charge is -2.13. The van der Waals surface area contributed by atoms with Crippen LogP contribution in [0.2, 0.25) is 0 Å². The quantitative estimate of drug-likeness (QED) is 0.470. The SMILES string of the molecule is COc1ccccc1Nc1nc(NCc2ccco2)cc(-c2ccccc2)n1. The van der Waals surface area contributed by atoms with Gasteiger partial charge in [0.15, 0.2) is 0 Å². The molecule has 140 valence electrons. The van der Waals surface area contributed by atoms with Crippen LogP contribution in [-0.2, 0) is 6.54 Å². The Labute approximate surface area is 163 Å². The van der Waals surface area contributed by atoms with Crippen LogP contribution in [0, 0.1) is 0 Å². The lowest BCUT2D eigenvalue weighted by atomic mass is 10.1. The van der Waals surface area contributed by atoms with E-state index in [4.69, 9.17) is 9.15 Å². The fourth-order valence-corrected chi connectivity index (χ4v) is 2.81. The fraction of sp³-hybridized carbons (Fsp3) is 0.0909. The van der Waals surface area contributed by atoms with Gasteiger partial charge in [-0.2, -0.15) is 4.98 Å². The monoisotopic (exact) mass is 372 g/mol. The summed E-state index contributed by atoms with van der Waals surface area (Å²) in [4.78, 5) is 9.28. The Balaban J connectivity index is 1.67. The summed E-state index contributed by atoms with van der Waals surface area (Å²) in [6.07, 6.45) is 1.65. The second-order valence-corrected chi connectivity index (χ2v) is 6.09. The normalized spacial score (nSPS) is 10.5. The standard InChI is InChI=1S/C22H20N4O2/c1-27-20-12-6-5-11-18(20)24-22-25-19(16-8-3-2-4-9-16)14-21(26-22)23-15-17-10-7-13-28-17/h2-14H,15H2,1H3,(H2,23,24,25,26). The Kier molecular flexibility index (Phi) is 5.20. The molecule has 0 saturated carbocycles. The molecule has 2 heterocycles. The largest absolute Gasteiger partial charge is 0.495 e. The van der Waals surface area contributed by atoms with E-state index in [1.54, 1.807) is 13.4 Å². The first-order valence-electron chi connectivity index (χ1n) is 8.92. The van der Waals surface area contributed by atoms with Crippen LogP contribution in [0.4, 0.5) is 17.5 Å². The van der Waals surface area contributed by atoms with E-state index in [-0.39, 0.29) is 0 Å². The highest BCUT2D eigenvalue weighted by atomic mass is 16.5. The predicted octanol–water partition coefficient (Wildman–Crippen LogP) is 5.10. The summed E-state index contributed by atoms with van der Waals surface area (Å²) < 4.78 is 10.8. The van der Waals surface area contributed by atoms with Crippen LogP contribution >= 0.6 is 0 Å². The van der Waals surface area contributed by atoms with Crippen LogP contribution in [0.1, 0.15) is 5.76 Å². The van der Waals surface area contributed by atoms with E-state index in [9.17, 15) is 0 Å². The highest BCUT2D eigenvalue weighted by Crippen LogP contribution is 2.28. The second-order valence-electron chi connectivity index (χ2n) is 6.09. The molecule has 0 unspecified atom stereocenters. The molecular formula is C22H20N4O2. The van der Waals surface area contributed by atoms with Gasteiger partial charge >= 0.3 is 0 Å². The molecule has 2 N–H and O–H groups in total. The second kappa shape index (κ2) is 8.26. The minimum atomic E-state index is 0.479. The van der Waals surface area contributed by atoms with Crippen LogP contribution in [0.25, 0.3) is 11.3 Å². The maximum atomic E-state index is 5.41. The van der Waals surface area contributed by atoms with Gasteiger partial charge in [-0.25, -0.2) is 4.98 Å². The van der Waals surface area contributed by atoms with Crippen molar-refractivity contribution in [1.29, 1.82) is 0 Å². The Morgan fingerprint density at radius 1 is 0.929 bits per heavy atom. The molecule has 0 atom stereocenters. The molecular weight excluding hydrogens is 352 g/mol. The van der Waals surface area contributed by atoms with Gasteiger partial charge in [-0.1, -0.05) is 42.5 Å². The molecule has 0 aliphatic rings. The number of para-hydroxylation sites is 2. The van der Waals surface area contributed by atoms with Crippen LogP contribution in [0.3, 0.4) is 0 Å². The highest BCUT2D eigenvalue weighted by Gasteiger charge is 2.10. The number of furan rings is 1. The molecule has 0 bridgehead atoms. The molecule has 4 rings (SSSR count). The predicted molar refractivity (Wildman–Crippen MR) is 110 cm³/mol. The zero-order valence-electron chi connectivity index (χ0n) is 15.4. The molecule has 0 fully saturated rings. The number of anilines is 3. The van der Waals surface area contributed by atoms with Crippen LogP contribution in [0.5, 0.6) is 5.75 Å². The number of nitrogens with zero attached hydrogens (tertiary/aromatic N) is 2. The smallest absolute Gasteiger partial charge is 0.229 e. The summed E-state index contributed by atoms with van der Waals surface area (Å²) in [5, 5.41) is 6.55. The molecule has 0 aliphatic carbocycles. The summed E-state index contributed by atoms with van der Waals surface area (Å²) in [6.45, 7) is 0.534. The van der Waals surface area contributed by atoms with Gasteiger partial charge in [-0.3, -0.25) is 0 Å². The number of ether oxygens (including phenoxy) is 1. The Bertz CT molecular complexity index is 1030. The number of benzene rings is 2. The summed E-state index contributed by atoms with van der Waals surface area (Å²) in [7, 11) is 1.64. The van der Waals surface area contributed by atoms with Crippen molar-refractivity contribution >= 4 is 17.5 Å². The summed E-state index contributed by atoms with van der Waals surface area (Å²) in [5.41, 5.74) is 2.62. The van der Waals surface area contributed by atoms with Gasteiger partial charge in [0.25, 0.3) is 0 Å². The minimum Gasteiger partial charge on any atom is -0.495 e. The van der Waals surface area contributed by atoms with Gasteiger partial charge in [-0.15, -0.1) is 0 Å². The van der Waals surface area contributed by atoms with Gasteiger partial charge in [-0.05, 0) is 24.3 Å². The van der Waals surface area contributed by atoms with Gasteiger partial charge < -0.3 is 19.8 Å². The number of rotatable bonds is 7. The number of aromatic nitrogens is 2. The lowest BCUT2D eigenvalue weighted by molar-refractivity contribution is 0.417. The highest BCUT2D eigenvalue weighted by molar-refractivity contribution is 5.68. The first kappa shape index (κ1) is 17.6. The van der Waals surface area contributed by atoms with Crippen LogP contribution < -0.4 is 15.4 Å². The number of nitrogens with one attached hydrogen (secondary N) is 2. The molecule has 0 aliphatic heterocycles. The van der Waals surface area contributed by atoms with E-state index in [0.717, 1.165) is 28.5 Å². The van der Waals surface area contributed by atoms with Crippen LogP contribution in [0.15, 0.2) is 83.5 Å². The van der Waals surface area contributed by atoms with Gasteiger partial charge in [0.2, 0.25) is 5.95 Å². The van der Waals surface area contributed by atoms with E-state index in [1.165, 1.54) is 0 Å². The lowest BCUT2D eigenvalue weighted by Crippen LogP contribution is -2.05. The molecule has 2 aromatic heterocycles. The first-order valence-corrected chi connectivity index (χ1v) is 8.92. The topological polar surface area (TPSA) is 72.2 Å². The maximum absolute atomic E-state index is 5.41. The van der Waals surface area contributed by atoms with Gasteiger partial charge in [0.05, 0.1) is 31.3 Å². The third kappa shape index (κ3) is 4.12. The van der Waals surface area contributed by atoms with Gasteiger partial charge in [0, 0.05) is 11.6 Å². The van der Waals surface area contributed by atoms with Crippen molar-refractivity contribution in [3.05, 3.63) is 84.8 Å². The first-order chi connectivity index (χ1) is 13.8. The summed E-state index contributed by atoms with van der Waals surface area (Å²) in [5.74, 6) is 2.73. The zero-order valence-corrected chi connectivity index (χ0v) is 15.4. The number of hydrogen-bond acceptors (Lipinski definition) is 6. The van der Waals surface area contributed by atoms with Crippen molar-refractivity contribution in [3.63, 3.8) is 0 Å². The molecule has 0 saturated heterocycles. The van der Waals surface area contributed by atoms with E-state index in [2.05, 4.69) is 20.6 Å². The van der Waals surface area contributed by atoms with Gasteiger partial charge in [0.1, 0.15) is 17.3 Å². The average Bonchev–Trinajstić information content (AvgIpc) is 3.27. The molecule has 4 aromatic rings. The maximum Gasteiger partial charge on any atom is 0.229 e. The van der Waals surface area contributed by atoms with E-state index in [0.29, 0.717) is 18.3 Å². The molecule has 28 heavy (non-hydrogen) atoms. The van der Waals surface area contributed by atoms with Crippen molar-refractivity contribution in [1.82, 2.24) is 9.97 Å². The Morgan fingerprint density at radius 3 is 2.54 bits per heavy atom. The van der Waals surface area contributed by atoms with E-state index >= 15 is 0 Å². The van der Waals surface area contributed by atoms with Crippen molar-refractivity contribution in [2.45, 2.75) is 6.54 Å². The number of hydrogen-bond donors (Lipinski definition) is 2. The van der Waals surface area contributed by atoms with E-state index < -0.39 is 0 Å². The summed E-state index contributed by atoms with van der Waals surface area (Å²) >= 11 is 0. The molecule has 0 radical (unpaired) electrons. The van der Waals surface area contributed by atoms with Crippen molar-refractivity contribution in [2.24, 2.45) is 0 Å². The molecule has 2 aromatic carbocycles. The third-order valence-electron chi connectivity index (χ3n) is 4.17. The third-order valence-corrected chi connectivity index (χ3v) is 4.17. The minimum absolute atomic E-state index is 0.479. The van der Waals surface area contributed by atoms with E-state index in [1.807, 2.05) is 72.8 Å². The van der Waals surface area contributed by atoms with Crippen molar-refractivity contribution in [3.8, 4) is 17.0 Å². The average molecular weight is 372 g/mol. The Morgan fingerprint density at radius 2 is 1.75 bits per heavy atom. The zero-order chi connectivity index (χ0) is 19.2. The Hall–Kier alpha value is -3.80. The molecule has 0 amide bonds. The fourth-order valence-electron chi connectivity index (χ4n) is 2.81. The summed E-state index contributed by atoms with van der Waals surface area (Å²) in [6, 6.07) is 23.4. The molecule has 0 spiro atoms. The number of methoxy groups -OCH3 is 1. The van der Waals surface area contributed by atoms with Crippen molar-refractivity contribution in [2.75, 3.05) is 17.7 Å². The van der Waals surface area contributed by atoms with Crippen LogP contribution in [-0.4, -0.2) is 17.1 Å². The molecule has 6 nitrogen and oxygen atoms in total. The van der Waals surface area contributed by atoms with Crippen molar-refractivity contribution < 1.29 is 9.15 Å².